The van der Waals surface area contributed by atoms with E-state index in [2.05, 4.69) is 17.6 Å². The van der Waals surface area contributed by atoms with Crippen LogP contribution in [-0.2, 0) is 4.79 Å². The van der Waals surface area contributed by atoms with Crippen LogP contribution in [0.1, 0.15) is 55.8 Å². The van der Waals surface area contributed by atoms with Crippen molar-refractivity contribution in [1.82, 2.24) is 10.2 Å². The zero-order valence-corrected chi connectivity index (χ0v) is 14.8. The van der Waals surface area contributed by atoms with E-state index in [0.717, 1.165) is 24.9 Å². The summed E-state index contributed by atoms with van der Waals surface area (Å²) in [6, 6.07) is 5.44. The van der Waals surface area contributed by atoms with Crippen molar-refractivity contribution in [3.63, 3.8) is 0 Å². The highest BCUT2D eigenvalue weighted by Gasteiger charge is 2.41. The molecule has 0 aliphatic carbocycles. The number of halogens is 1. The number of hydrogen-bond acceptors (Lipinski definition) is 3. The van der Waals surface area contributed by atoms with Crippen LogP contribution < -0.4 is 10.6 Å². The number of fused-ring (bicyclic) bond motifs is 1. The van der Waals surface area contributed by atoms with Crippen molar-refractivity contribution in [2.45, 2.75) is 51.1 Å². The van der Waals surface area contributed by atoms with Crippen molar-refractivity contribution in [2.24, 2.45) is 0 Å². The van der Waals surface area contributed by atoms with E-state index >= 15 is 0 Å². The highest BCUT2D eigenvalue weighted by Crippen LogP contribution is 2.34. The Bertz CT molecular complexity index is 639. The molecule has 1 spiro atoms. The van der Waals surface area contributed by atoms with Gasteiger partial charge in [-0.2, -0.15) is 0 Å². The molecule has 5 nitrogen and oxygen atoms in total. The van der Waals surface area contributed by atoms with Crippen molar-refractivity contribution in [2.75, 3.05) is 18.4 Å². The Hall–Kier alpha value is -1.75. The Labute approximate surface area is 147 Å². The van der Waals surface area contributed by atoms with Crippen molar-refractivity contribution in [3.8, 4) is 0 Å². The maximum absolute atomic E-state index is 12.5. The summed E-state index contributed by atoms with van der Waals surface area (Å²) in [7, 11) is 0. The SMILES string of the molecule is CCCCCC(=O)N1CCC2(CC1)NC(=O)c1c(Cl)cccc1N2. The molecule has 24 heavy (non-hydrogen) atoms. The fourth-order valence-electron chi connectivity index (χ4n) is 3.50. The molecule has 0 atom stereocenters. The number of rotatable bonds is 4. The Morgan fingerprint density at radius 3 is 2.71 bits per heavy atom. The first-order valence-electron chi connectivity index (χ1n) is 8.72. The number of anilines is 1. The van der Waals surface area contributed by atoms with E-state index in [0.29, 0.717) is 42.9 Å². The van der Waals surface area contributed by atoms with E-state index in [4.69, 9.17) is 11.6 Å². The summed E-state index contributed by atoms with van der Waals surface area (Å²) in [4.78, 5) is 26.6. The van der Waals surface area contributed by atoms with Gasteiger partial charge in [0.05, 0.1) is 16.3 Å². The molecule has 0 aromatic heterocycles. The summed E-state index contributed by atoms with van der Waals surface area (Å²) in [6.45, 7) is 3.46. The molecule has 0 saturated carbocycles. The van der Waals surface area contributed by atoms with Crippen LogP contribution in [0.25, 0.3) is 0 Å². The van der Waals surface area contributed by atoms with Crippen LogP contribution in [-0.4, -0.2) is 35.5 Å². The van der Waals surface area contributed by atoms with Crippen molar-refractivity contribution >= 4 is 29.1 Å². The number of piperidine rings is 1. The van der Waals surface area contributed by atoms with Gasteiger partial charge >= 0.3 is 0 Å². The number of benzene rings is 1. The molecule has 1 fully saturated rings. The van der Waals surface area contributed by atoms with Crippen LogP contribution in [0.4, 0.5) is 5.69 Å². The summed E-state index contributed by atoms with van der Waals surface area (Å²) >= 11 is 6.14. The molecule has 2 N–H and O–H groups in total. The Kier molecular flexibility index (Phi) is 4.99. The molecule has 6 heteroatoms. The summed E-state index contributed by atoms with van der Waals surface area (Å²) < 4.78 is 0. The zero-order valence-electron chi connectivity index (χ0n) is 14.0. The van der Waals surface area contributed by atoms with E-state index < -0.39 is 5.66 Å². The van der Waals surface area contributed by atoms with Crippen LogP contribution in [0.5, 0.6) is 0 Å². The van der Waals surface area contributed by atoms with Crippen LogP contribution in [0, 0.1) is 0 Å². The quantitative estimate of drug-likeness (QED) is 0.819. The van der Waals surface area contributed by atoms with Gasteiger partial charge < -0.3 is 15.5 Å². The van der Waals surface area contributed by atoms with Crippen LogP contribution >= 0.6 is 11.6 Å². The summed E-state index contributed by atoms with van der Waals surface area (Å²) in [5.74, 6) is 0.0842. The number of likely N-dealkylation sites (tertiary alicyclic amines) is 1. The lowest BCUT2D eigenvalue weighted by Gasteiger charge is -2.46. The first kappa shape index (κ1) is 17.1. The number of nitrogens with zero attached hydrogens (tertiary/aromatic N) is 1. The monoisotopic (exact) mass is 349 g/mol. The van der Waals surface area contributed by atoms with E-state index in [1.54, 1.807) is 6.07 Å². The number of unbranched alkanes of at least 4 members (excludes halogenated alkanes) is 2. The van der Waals surface area contributed by atoms with Crippen molar-refractivity contribution in [1.29, 1.82) is 0 Å². The van der Waals surface area contributed by atoms with E-state index in [9.17, 15) is 9.59 Å². The van der Waals surface area contributed by atoms with Gasteiger partial charge in [0, 0.05) is 32.4 Å². The number of carbonyl (C=O) groups excluding carboxylic acids is 2. The fraction of sp³-hybridized carbons (Fsp3) is 0.556. The smallest absolute Gasteiger partial charge is 0.256 e. The Morgan fingerprint density at radius 1 is 1.25 bits per heavy atom. The molecule has 2 aliphatic heterocycles. The first-order chi connectivity index (χ1) is 11.5. The molecular weight excluding hydrogens is 326 g/mol. The van der Waals surface area contributed by atoms with Gasteiger partial charge in [0.25, 0.3) is 5.91 Å². The van der Waals surface area contributed by atoms with Gasteiger partial charge in [-0.1, -0.05) is 37.4 Å². The molecular formula is C18H24ClN3O2. The molecule has 2 heterocycles. The highest BCUT2D eigenvalue weighted by molar-refractivity contribution is 6.34. The topological polar surface area (TPSA) is 61.4 Å². The molecule has 1 aromatic carbocycles. The molecule has 0 unspecified atom stereocenters. The highest BCUT2D eigenvalue weighted by atomic mass is 35.5. The van der Waals surface area contributed by atoms with Gasteiger partial charge in [0.1, 0.15) is 5.66 Å². The third kappa shape index (κ3) is 3.36. The second-order valence-electron chi connectivity index (χ2n) is 6.66. The third-order valence-corrected chi connectivity index (χ3v) is 5.25. The van der Waals surface area contributed by atoms with Gasteiger partial charge in [0.15, 0.2) is 0 Å². The second-order valence-corrected chi connectivity index (χ2v) is 7.07. The minimum Gasteiger partial charge on any atom is -0.362 e. The average Bonchev–Trinajstić information content (AvgIpc) is 2.55. The lowest BCUT2D eigenvalue weighted by Crippen LogP contribution is -2.62. The summed E-state index contributed by atoms with van der Waals surface area (Å²) in [5.41, 5.74) is 0.798. The van der Waals surface area contributed by atoms with Crippen LogP contribution in [0.15, 0.2) is 18.2 Å². The first-order valence-corrected chi connectivity index (χ1v) is 9.09. The lowest BCUT2D eigenvalue weighted by atomic mass is 9.92. The molecule has 2 amide bonds. The Balaban J connectivity index is 1.64. The lowest BCUT2D eigenvalue weighted by molar-refractivity contribution is -0.132. The summed E-state index contributed by atoms with van der Waals surface area (Å²) in [6.07, 6.45) is 5.19. The number of amides is 2. The van der Waals surface area contributed by atoms with Crippen LogP contribution in [0.2, 0.25) is 5.02 Å². The van der Waals surface area contributed by atoms with E-state index in [1.807, 2.05) is 17.0 Å². The molecule has 3 rings (SSSR count). The van der Waals surface area contributed by atoms with Gasteiger partial charge in [-0.15, -0.1) is 0 Å². The third-order valence-electron chi connectivity index (χ3n) is 4.93. The van der Waals surface area contributed by atoms with E-state index in [1.165, 1.54) is 0 Å². The second kappa shape index (κ2) is 7.01. The normalized spacial score (nSPS) is 18.8. The molecule has 0 radical (unpaired) electrons. The fourth-order valence-corrected chi connectivity index (χ4v) is 3.76. The number of hydrogen-bond donors (Lipinski definition) is 2. The van der Waals surface area contributed by atoms with Gasteiger partial charge in [-0.25, -0.2) is 0 Å². The average molecular weight is 350 g/mol. The van der Waals surface area contributed by atoms with Crippen molar-refractivity contribution in [3.05, 3.63) is 28.8 Å². The predicted molar refractivity (Wildman–Crippen MR) is 95.2 cm³/mol. The van der Waals surface area contributed by atoms with Gasteiger partial charge in [-0.05, 0) is 18.6 Å². The molecule has 130 valence electrons. The van der Waals surface area contributed by atoms with Gasteiger partial charge in [-0.3, -0.25) is 9.59 Å². The van der Waals surface area contributed by atoms with Crippen LogP contribution in [0.3, 0.4) is 0 Å². The minimum atomic E-state index is -0.477. The zero-order chi connectivity index (χ0) is 17.2. The molecule has 0 bridgehead atoms. The van der Waals surface area contributed by atoms with Crippen molar-refractivity contribution < 1.29 is 9.59 Å². The molecule has 2 aliphatic rings. The maximum atomic E-state index is 12.5. The Morgan fingerprint density at radius 2 is 2.00 bits per heavy atom. The maximum Gasteiger partial charge on any atom is 0.256 e. The largest absolute Gasteiger partial charge is 0.362 e. The van der Waals surface area contributed by atoms with Gasteiger partial charge in [0.2, 0.25) is 5.91 Å². The molecule has 1 saturated heterocycles. The number of nitrogens with one attached hydrogen (secondary N) is 2. The van der Waals surface area contributed by atoms with E-state index in [-0.39, 0.29) is 11.8 Å². The number of carbonyl (C=O) groups is 2. The molecule has 1 aromatic rings. The standard InChI is InChI=1S/C18H24ClN3O2/c1-2-3-4-8-15(23)22-11-9-18(10-12-22)20-14-7-5-6-13(19)16(14)17(24)21-18/h5-7,20H,2-4,8-12H2,1H3,(H,21,24). The predicted octanol–water partition coefficient (Wildman–Crippen LogP) is 3.39. The minimum absolute atomic E-state index is 0.142. The summed E-state index contributed by atoms with van der Waals surface area (Å²) in [5, 5.41) is 6.96.